The summed E-state index contributed by atoms with van der Waals surface area (Å²) >= 11 is 0. The van der Waals surface area contributed by atoms with Gasteiger partial charge < -0.3 is 9.47 Å². The first kappa shape index (κ1) is 13.8. The van der Waals surface area contributed by atoms with Gasteiger partial charge in [0.15, 0.2) is 5.78 Å². The van der Waals surface area contributed by atoms with Crippen LogP contribution < -0.4 is 0 Å². The normalized spacial score (nSPS) is 36.3. The van der Waals surface area contributed by atoms with Crippen molar-refractivity contribution < 1.29 is 19.1 Å². The molecule has 20 heavy (non-hydrogen) atoms. The molecule has 2 fully saturated rings. The minimum atomic E-state index is -1.46. The molecule has 0 unspecified atom stereocenters. The summed E-state index contributed by atoms with van der Waals surface area (Å²) in [5.74, 6) is -0.676. The lowest BCUT2D eigenvalue weighted by molar-refractivity contribution is -0.196. The molecule has 0 aromatic rings. The second-order valence-corrected chi connectivity index (χ2v) is 7.16. The first-order chi connectivity index (χ1) is 9.21. The van der Waals surface area contributed by atoms with E-state index in [1.54, 1.807) is 0 Å². The van der Waals surface area contributed by atoms with E-state index in [0.29, 0.717) is 12.8 Å². The first-order valence-corrected chi connectivity index (χ1v) is 7.39. The number of carbonyl (C=O) groups is 2. The zero-order valence-electron chi connectivity index (χ0n) is 12.7. The van der Waals surface area contributed by atoms with Crippen LogP contribution in [0.2, 0.25) is 0 Å². The average Bonchev–Trinajstić information content (AvgIpc) is 2.79. The predicted molar refractivity (Wildman–Crippen MR) is 73.2 cm³/mol. The van der Waals surface area contributed by atoms with E-state index in [1.807, 2.05) is 27.7 Å². The number of ether oxygens (including phenoxy) is 2. The molecule has 1 saturated carbocycles. The summed E-state index contributed by atoms with van der Waals surface area (Å²) in [5, 5.41) is 0. The zero-order valence-corrected chi connectivity index (χ0v) is 12.7. The van der Waals surface area contributed by atoms with E-state index in [4.69, 9.17) is 9.47 Å². The summed E-state index contributed by atoms with van der Waals surface area (Å²) < 4.78 is 11.6. The van der Waals surface area contributed by atoms with Crippen LogP contribution in [0.4, 0.5) is 0 Å². The highest BCUT2D eigenvalue weighted by atomic mass is 16.6. The minimum Gasteiger partial charge on any atom is -0.457 e. The molecule has 3 rings (SSSR count). The number of rotatable bonds is 1. The third-order valence-electron chi connectivity index (χ3n) is 4.72. The molecule has 1 spiro atoms. The summed E-state index contributed by atoms with van der Waals surface area (Å²) in [6.07, 6.45) is 4.04. The van der Waals surface area contributed by atoms with Crippen LogP contribution in [0, 0.1) is 0 Å². The van der Waals surface area contributed by atoms with Gasteiger partial charge in [-0.15, -0.1) is 0 Å². The Morgan fingerprint density at radius 3 is 2.60 bits per heavy atom. The quantitative estimate of drug-likeness (QED) is 0.420. The van der Waals surface area contributed by atoms with Gasteiger partial charge in [-0.2, -0.15) is 0 Å². The molecule has 2 aliphatic heterocycles. The van der Waals surface area contributed by atoms with Crippen LogP contribution in [0.5, 0.6) is 0 Å². The summed E-state index contributed by atoms with van der Waals surface area (Å²) in [5.41, 5.74) is -0.472. The van der Waals surface area contributed by atoms with Gasteiger partial charge in [0.2, 0.25) is 5.60 Å². The van der Waals surface area contributed by atoms with Crippen molar-refractivity contribution in [3.63, 3.8) is 0 Å². The topological polar surface area (TPSA) is 52.6 Å². The fraction of sp³-hybridized carbons (Fsp3) is 0.750. The molecular formula is C16H22O4. The van der Waals surface area contributed by atoms with Gasteiger partial charge in [0.1, 0.15) is 5.60 Å². The van der Waals surface area contributed by atoms with Crippen molar-refractivity contribution in [2.75, 3.05) is 0 Å². The SMILES string of the molecule is CC1=C2CCC[C@@]23CCC(=O)[C@]1(C(=O)OC(C)(C)C)O3. The van der Waals surface area contributed by atoms with E-state index in [2.05, 4.69) is 0 Å². The zero-order chi connectivity index (χ0) is 14.8. The lowest BCUT2D eigenvalue weighted by Gasteiger charge is -2.39. The number of ketones is 1. The Bertz CT molecular complexity index is 525. The standard InChI is InChI=1S/C16H22O4/c1-10-11-6-5-8-15(11)9-7-12(17)16(10,20-15)13(18)19-14(2,3)4/h5-9H2,1-4H3/t15-,16-/m1/s1. The maximum absolute atomic E-state index is 12.6. The molecule has 4 heteroatoms. The molecule has 0 aromatic carbocycles. The molecule has 0 aromatic heterocycles. The van der Waals surface area contributed by atoms with Gasteiger partial charge in [0, 0.05) is 6.42 Å². The predicted octanol–water partition coefficient (Wildman–Crippen LogP) is 2.70. The Balaban J connectivity index is 2.05. The van der Waals surface area contributed by atoms with Crippen molar-refractivity contribution in [2.24, 2.45) is 0 Å². The number of hydrogen-bond donors (Lipinski definition) is 0. The van der Waals surface area contributed by atoms with Crippen molar-refractivity contribution in [2.45, 2.75) is 76.6 Å². The highest BCUT2D eigenvalue weighted by Crippen LogP contribution is 2.57. The first-order valence-electron chi connectivity index (χ1n) is 7.39. The van der Waals surface area contributed by atoms with E-state index in [0.717, 1.165) is 24.8 Å². The number of fused-ring (bicyclic) bond motifs is 1. The van der Waals surface area contributed by atoms with Crippen LogP contribution in [0.25, 0.3) is 0 Å². The van der Waals surface area contributed by atoms with Crippen molar-refractivity contribution in [1.82, 2.24) is 0 Å². The van der Waals surface area contributed by atoms with Crippen molar-refractivity contribution in [1.29, 1.82) is 0 Å². The minimum absolute atomic E-state index is 0.142. The maximum atomic E-state index is 12.6. The number of Topliss-reactive ketones (excluding diaryl/α,β-unsaturated/α-hetero) is 1. The van der Waals surface area contributed by atoms with E-state index in [1.165, 1.54) is 5.57 Å². The van der Waals surface area contributed by atoms with Gasteiger partial charge in [-0.25, -0.2) is 4.79 Å². The highest BCUT2D eigenvalue weighted by molar-refractivity contribution is 6.12. The molecule has 0 radical (unpaired) electrons. The lowest BCUT2D eigenvalue weighted by atomic mass is 9.86. The molecule has 2 heterocycles. The van der Waals surface area contributed by atoms with Gasteiger partial charge in [0.05, 0.1) is 5.60 Å². The lowest BCUT2D eigenvalue weighted by Crippen LogP contribution is -2.56. The maximum Gasteiger partial charge on any atom is 0.351 e. The summed E-state index contributed by atoms with van der Waals surface area (Å²) in [6.45, 7) is 7.30. The van der Waals surface area contributed by atoms with Crippen molar-refractivity contribution >= 4 is 11.8 Å². The van der Waals surface area contributed by atoms with Gasteiger partial charge in [-0.05, 0) is 64.5 Å². The number of carbonyl (C=O) groups excluding carboxylic acids is 2. The molecule has 1 aliphatic carbocycles. The van der Waals surface area contributed by atoms with Crippen LogP contribution >= 0.6 is 0 Å². The average molecular weight is 278 g/mol. The van der Waals surface area contributed by atoms with Gasteiger partial charge in [-0.1, -0.05) is 0 Å². The van der Waals surface area contributed by atoms with Crippen molar-refractivity contribution in [3.8, 4) is 0 Å². The Hall–Kier alpha value is -1.16. The van der Waals surface area contributed by atoms with Crippen LogP contribution in [0.15, 0.2) is 11.1 Å². The Morgan fingerprint density at radius 2 is 1.95 bits per heavy atom. The molecule has 2 bridgehead atoms. The fourth-order valence-corrected chi connectivity index (χ4v) is 3.90. The van der Waals surface area contributed by atoms with Crippen LogP contribution in [-0.4, -0.2) is 28.6 Å². The Labute approximate surface area is 119 Å². The largest absolute Gasteiger partial charge is 0.457 e. The van der Waals surface area contributed by atoms with Crippen LogP contribution in [0.1, 0.15) is 59.8 Å². The monoisotopic (exact) mass is 278 g/mol. The van der Waals surface area contributed by atoms with E-state index in [9.17, 15) is 9.59 Å². The molecule has 4 nitrogen and oxygen atoms in total. The molecule has 0 N–H and O–H groups in total. The third-order valence-corrected chi connectivity index (χ3v) is 4.72. The molecule has 2 atom stereocenters. The van der Waals surface area contributed by atoms with E-state index < -0.39 is 17.2 Å². The Morgan fingerprint density at radius 1 is 1.25 bits per heavy atom. The van der Waals surface area contributed by atoms with Gasteiger partial charge in [0.25, 0.3) is 0 Å². The van der Waals surface area contributed by atoms with Crippen molar-refractivity contribution in [3.05, 3.63) is 11.1 Å². The third kappa shape index (κ3) is 1.63. The fourth-order valence-electron chi connectivity index (χ4n) is 3.90. The molecule has 110 valence electrons. The summed E-state index contributed by atoms with van der Waals surface area (Å²) in [7, 11) is 0. The van der Waals surface area contributed by atoms with Crippen LogP contribution in [-0.2, 0) is 19.1 Å². The second-order valence-electron chi connectivity index (χ2n) is 7.16. The highest BCUT2D eigenvalue weighted by Gasteiger charge is 2.66. The molecule has 3 aliphatic rings. The van der Waals surface area contributed by atoms with Gasteiger partial charge in [-0.3, -0.25) is 4.79 Å². The smallest absolute Gasteiger partial charge is 0.351 e. The van der Waals surface area contributed by atoms with Gasteiger partial charge >= 0.3 is 5.97 Å². The number of hydrogen-bond acceptors (Lipinski definition) is 4. The Kier molecular flexibility index (Phi) is 2.72. The summed E-state index contributed by atoms with van der Waals surface area (Å²) in [6, 6.07) is 0. The van der Waals surface area contributed by atoms with E-state index in [-0.39, 0.29) is 11.4 Å². The second kappa shape index (κ2) is 3.94. The number of esters is 1. The molecule has 1 saturated heterocycles. The molecule has 0 amide bonds. The van der Waals surface area contributed by atoms with Crippen LogP contribution in [0.3, 0.4) is 0 Å². The summed E-state index contributed by atoms with van der Waals surface area (Å²) in [4.78, 5) is 25.1. The molecular weight excluding hydrogens is 256 g/mol. The van der Waals surface area contributed by atoms with E-state index >= 15 is 0 Å².